The molecular weight excluding hydrogens is 216 g/mol. The van der Waals surface area contributed by atoms with Crippen LogP contribution in [0.4, 0.5) is 0 Å². The zero-order valence-corrected chi connectivity index (χ0v) is 11.9. The normalized spacial score (nSPS) is 13.8. The Morgan fingerprint density at radius 3 is 2.18 bits per heavy atom. The average molecular weight is 244 g/mol. The van der Waals surface area contributed by atoms with Gasteiger partial charge in [-0.2, -0.15) is 0 Å². The van der Waals surface area contributed by atoms with Crippen LogP contribution in [0.25, 0.3) is 0 Å². The first-order chi connectivity index (χ1) is 7.90. The number of hydrogen-bond acceptors (Lipinski definition) is 3. The van der Waals surface area contributed by atoms with E-state index in [0.29, 0.717) is 12.5 Å². The maximum absolute atomic E-state index is 11.7. The molecule has 102 valence electrons. The van der Waals surface area contributed by atoms with Gasteiger partial charge in [-0.05, 0) is 25.7 Å². The lowest BCUT2D eigenvalue weighted by Crippen LogP contribution is -2.44. The van der Waals surface area contributed by atoms with Crippen LogP contribution in [0.3, 0.4) is 0 Å². The summed E-state index contributed by atoms with van der Waals surface area (Å²) < 4.78 is 5.68. The minimum Gasteiger partial charge on any atom is -0.364 e. The van der Waals surface area contributed by atoms with E-state index in [4.69, 9.17) is 10.5 Å². The lowest BCUT2D eigenvalue weighted by Gasteiger charge is -2.30. The van der Waals surface area contributed by atoms with Gasteiger partial charge < -0.3 is 15.8 Å². The molecule has 0 saturated carbocycles. The number of ether oxygens (including phenoxy) is 1. The first-order valence-electron chi connectivity index (χ1n) is 6.54. The molecule has 0 aliphatic rings. The largest absolute Gasteiger partial charge is 0.364 e. The maximum atomic E-state index is 11.7. The number of amides is 1. The SMILES string of the molecule is CCC(CC)(CN)OCC(=O)NC(C)C(C)C. The molecule has 0 fully saturated rings. The second-order valence-electron chi connectivity index (χ2n) is 4.98. The van der Waals surface area contributed by atoms with Crippen molar-refractivity contribution in [3.05, 3.63) is 0 Å². The molecule has 0 aliphatic heterocycles. The third-order valence-corrected chi connectivity index (χ3v) is 3.56. The third-order valence-electron chi connectivity index (χ3n) is 3.56. The summed E-state index contributed by atoms with van der Waals surface area (Å²) in [6.45, 7) is 10.8. The Bertz CT molecular complexity index is 217. The van der Waals surface area contributed by atoms with E-state index in [-0.39, 0.29) is 24.2 Å². The van der Waals surface area contributed by atoms with Crippen molar-refractivity contribution in [3.63, 3.8) is 0 Å². The highest BCUT2D eigenvalue weighted by molar-refractivity contribution is 5.77. The number of carbonyl (C=O) groups is 1. The van der Waals surface area contributed by atoms with Crippen molar-refractivity contribution in [3.8, 4) is 0 Å². The lowest BCUT2D eigenvalue weighted by molar-refractivity contribution is -0.134. The molecule has 0 aromatic rings. The number of rotatable bonds is 8. The van der Waals surface area contributed by atoms with Gasteiger partial charge in [-0.15, -0.1) is 0 Å². The lowest BCUT2D eigenvalue weighted by atomic mass is 9.97. The van der Waals surface area contributed by atoms with Crippen LogP contribution < -0.4 is 11.1 Å². The van der Waals surface area contributed by atoms with E-state index in [1.54, 1.807) is 0 Å². The molecule has 0 spiro atoms. The molecule has 1 atom stereocenters. The smallest absolute Gasteiger partial charge is 0.246 e. The Balaban J connectivity index is 4.14. The first kappa shape index (κ1) is 16.4. The molecule has 0 radical (unpaired) electrons. The van der Waals surface area contributed by atoms with Gasteiger partial charge in [-0.1, -0.05) is 27.7 Å². The molecule has 0 saturated heterocycles. The number of hydrogen-bond donors (Lipinski definition) is 2. The summed E-state index contributed by atoms with van der Waals surface area (Å²) in [5.41, 5.74) is 5.36. The molecule has 0 aromatic heterocycles. The quantitative estimate of drug-likeness (QED) is 0.683. The van der Waals surface area contributed by atoms with Crippen molar-refractivity contribution in [1.29, 1.82) is 0 Å². The molecule has 4 nitrogen and oxygen atoms in total. The Hall–Kier alpha value is -0.610. The Kier molecular flexibility index (Phi) is 7.39. The average Bonchev–Trinajstić information content (AvgIpc) is 2.31. The van der Waals surface area contributed by atoms with Gasteiger partial charge in [-0.25, -0.2) is 0 Å². The van der Waals surface area contributed by atoms with Gasteiger partial charge in [0.1, 0.15) is 6.61 Å². The van der Waals surface area contributed by atoms with Gasteiger partial charge >= 0.3 is 0 Å². The van der Waals surface area contributed by atoms with E-state index in [0.717, 1.165) is 12.8 Å². The van der Waals surface area contributed by atoms with Gasteiger partial charge in [-0.3, -0.25) is 4.79 Å². The minimum absolute atomic E-state index is 0.0640. The summed E-state index contributed by atoms with van der Waals surface area (Å²) in [5.74, 6) is 0.362. The van der Waals surface area contributed by atoms with Gasteiger partial charge in [0, 0.05) is 12.6 Å². The maximum Gasteiger partial charge on any atom is 0.246 e. The topological polar surface area (TPSA) is 64.3 Å². The fourth-order valence-corrected chi connectivity index (χ4v) is 1.48. The standard InChI is InChI=1S/C13H28N2O2/c1-6-13(7-2,9-14)17-8-12(16)15-11(5)10(3)4/h10-11H,6-9,14H2,1-5H3,(H,15,16). The van der Waals surface area contributed by atoms with Crippen LogP contribution in [-0.4, -0.2) is 30.7 Å². The predicted molar refractivity (Wildman–Crippen MR) is 70.8 cm³/mol. The highest BCUT2D eigenvalue weighted by Crippen LogP contribution is 2.18. The monoisotopic (exact) mass is 244 g/mol. The summed E-state index contributed by atoms with van der Waals surface area (Å²) in [7, 11) is 0. The van der Waals surface area contributed by atoms with Crippen molar-refractivity contribution >= 4 is 5.91 Å². The van der Waals surface area contributed by atoms with E-state index >= 15 is 0 Å². The zero-order chi connectivity index (χ0) is 13.5. The van der Waals surface area contributed by atoms with Crippen LogP contribution in [0.15, 0.2) is 0 Å². The Labute approximate surface area is 105 Å². The fraction of sp³-hybridized carbons (Fsp3) is 0.923. The third kappa shape index (κ3) is 5.50. The van der Waals surface area contributed by atoms with Crippen molar-refractivity contribution in [2.75, 3.05) is 13.2 Å². The molecule has 1 amide bonds. The van der Waals surface area contributed by atoms with E-state index < -0.39 is 0 Å². The highest BCUT2D eigenvalue weighted by Gasteiger charge is 2.26. The van der Waals surface area contributed by atoms with Crippen LogP contribution in [-0.2, 0) is 9.53 Å². The molecule has 0 aliphatic carbocycles. The second-order valence-corrected chi connectivity index (χ2v) is 4.98. The van der Waals surface area contributed by atoms with Gasteiger partial charge in [0.15, 0.2) is 0 Å². The molecule has 4 heteroatoms. The van der Waals surface area contributed by atoms with Crippen LogP contribution in [0.2, 0.25) is 0 Å². The molecular formula is C13H28N2O2. The fourth-order valence-electron chi connectivity index (χ4n) is 1.48. The van der Waals surface area contributed by atoms with E-state index in [1.165, 1.54) is 0 Å². The first-order valence-corrected chi connectivity index (χ1v) is 6.54. The number of nitrogens with one attached hydrogen (secondary N) is 1. The minimum atomic E-state index is -0.349. The van der Waals surface area contributed by atoms with E-state index in [2.05, 4.69) is 19.2 Å². The highest BCUT2D eigenvalue weighted by atomic mass is 16.5. The summed E-state index contributed by atoms with van der Waals surface area (Å²) >= 11 is 0. The van der Waals surface area contributed by atoms with Crippen LogP contribution in [0, 0.1) is 5.92 Å². The van der Waals surface area contributed by atoms with Crippen LogP contribution in [0.1, 0.15) is 47.5 Å². The molecule has 17 heavy (non-hydrogen) atoms. The molecule has 0 bridgehead atoms. The van der Waals surface area contributed by atoms with Crippen molar-refractivity contribution < 1.29 is 9.53 Å². The Morgan fingerprint density at radius 1 is 1.29 bits per heavy atom. The summed E-state index contributed by atoms with van der Waals surface area (Å²) in [6.07, 6.45) is 1.65. The summed E-state index contributed by atoms with van der Waals surface area (Å²) in [5, 5.41) is 2.92. The van der Waals surface area contributed by atoms with Crippen molar-refractivity contribution in [1.82, 2.24) is 5.32 Å². The molecule has 0 rings (SSSR count). The van der Waals surface area contributed by atoms with Crippen LogP contribution >= 0.6 is 0 Å². The predicted octanol–water partition coefficient (Wildman–Crippen LogP) is 1.68. The zero-order valence-electron chi connectivity index (χ0n) is 11.9. The number of nitrogens with two attached hydrogens (primary N) is 1. The molecule has 1 unspecified atom stereocenters. The van der Waals surface area contributed by atoms with E-state index in [1.807, 2.05) is 20.8 Å². The van der Waals surface area contributed by atoms with Gasteiger partial charge in [0.2, 0.25) is 5.91 Å². The van der Waals surface area contributed by atoms with Crippen LogP contribution in [0.5, 0.6) is 0 Å². The van der Waals surface area contributed by atoms with Crippen molar-refractivity contribution in [2.24, 2.45) is 11.7 Å². The van der Waals surface area contributed by atoms with E-state index in [9.17, 15) is 4.79 Å². The second kappa shape index (κ2) is 7.67. The van der Waals surface area contributed by atoms with Crippen molar-refractivity contribution in [2.45, 2.75) is 59.1 Å². The number of carbonyl (C=O) groups excluding carboxylic acids is 1. The molecule has 0 heterocycles. The van der Waals surface area contributed by atoms with Gasteiger partial charge in [0.05, 0.1) is 5.60 Å². The summed E-state index contributed by atoms with van der Waals surface area (Å²) in [6, 6.07) is 0.168. The molecule has 3 N–H and O–H groups in total. The Morgan fingerprint density at radius 2 is 1.82 bits per heavy atom. The molecule has 0 aromatic carbocycles. The van der Waals surface area contributed by atoms with Gasteiger partial charge in [0.25, 0.3) is 0 Å². The summed E-state index contributed by atoms with van der Waals surface area (Å²) in [4.78, 5) is 11.7.